The third kappa shape index (κ3) is 4.47. The Kier molecular flexibility index (Phi) is 6.01. The van der Waals surface area contributed by atoms with Gasteiger partial charge in [0.1, 0.15) is 22.3 Å². The van der Waals surface area contributed by atoms with Crippen LogP contribution in [0.4, 0.5) is 0 Å². The van der Waals surface area contributed by atoms with Gasteiger partial charge in [0.05, 0.1) is 11.2 Å². The first kappa shape index (κ1) is 28.0. The predicted molar refractivity (Wildman–Crippen MR) is 186 cm³/mol. The lowest BCUT2D eigenvalue weighted by molar-refractivity contribution is 0.00578. The fourth-order valence-corrected chi connectivity index (χ4v) is 6.36. The summed E-state index contributed by atoms with van der Waals surface area (Å²) in [6.07, 6.45) is 0. The highest BCUT2D eigenvalue weighted by atomic mass is 16.7. The molecule has 47 heavy (non-hydrogen) atoms. The fourth-order valence-electron chi connectivity index (χ4n) is 6.36. The quantitative estimate of drug-likeness (QED) is 0.183. The van der Waals surface area contributed by atoms with Crippen molar-refractivity contribution in [3.63, 3.8) is 0 Å². The lowest BCUT2D eigenvalue weighted by Crippen LogP contribution is -2.41. The molecule has 0 amide bonds. The van der Waals surface area contributed by atoms with E-state index in [0.717, 1.165) is 66.0 Å². The number of para-hydroxylation sites is 1. The number of benzene rings is 5. The molecule has 0 aliphatic carbocycles. The van der Waals surface area contributed by atoms with Crippen molar-refractivity contribution in [2.75, 3.05) is 0 Å². The molecule has 1 saturated heterocycles. The van der Waals surface area contributed by atoms with Gasteiger partial charge in [-0.3, -0.25) is 0 Å². The van der Waals surface area contributed by atoms with Crippen LogP contribution in [0.3, 0.4) is 0 Å². The van der Waals surface area contributed by atoms with Crippen LogP contribution in [0, 0.1) is 0 Å². The predicted octanol–water partition coefficient (Wildman–Crippen LogP) is 8.97. The summed E-state index contributed by atoms with van der Waals surface area (Å²) < 4.78 is 25.3. The van der Waals surface area contributed by atoms with E-state index >= 15 is 0 Å². The Hall–Kier alpha value is -5.31. The van der Waals surface area contributed by atoms with Crippen LogP contribution in [0.25, 0.3) is 78.0 Å². The maximum Gasteiger partial charge on any atom is 0.494 e. The lowest BCUT2D eigenvalue weighted by Gasteiger charge is -2.32. The number of furan rings is 2. The molecule has 4 heterocycles. The first-order valence-electron chi connectivity index (χ1n) is 15.8. The van der Waals surface area contributed by atoms with E-state index in [9.17, 15) is 0 Å². The van der Waals surface area contributed by atoms with E-state index in [-0.39, 0.29) is 0 Å². The zero-order valence-electron chi connectivity index (χ0n) is 26.4. The fraction of sp³-hybridized carbons (Fsp3) is 0.154. The first-order valence-corrected chi connectivity index (χ1v) is 15.8. The summed E-state index contributed by atoms with van der Waals surface area (Å²) in [5.41, 5.74) is 5.75. The summed E-state index contributed by atoms with van der Waals surface area (Å²) in [7, 11) is -0.497. The second kappa shape index (κ2) is 10.1. The minimum Gasteiger partial charge on any atom is -0.456 e. The van der Waals surface area contributed by atoms with Crippen LogP contribution in [0.1, 0.15) is 27.7 Å². The van der Waals surface area contributed by atoms with Gasteiger partial charge >= 0.3 is 7.12 Å². The van der Waals surface area contributed by atoms with Crippen LogP contribution in [0.15, 0.2) is 118 Å². The van der Waals surface area contributed by atoms with Gasteiger partial charge in [0.25, 0.3) is 0 Å². The Balaban J connectivity index is 1.23. The number of nitrogens with zero attached hydrogens (tertiary/aromatic N) is 3. The van der Waals surface area contributed by atoms with Gasteiger partial charge in [0.2, 0.25) is 0 Å². The molecule has 1 fully saturated rings. The molecule has 0 unspecified atom stereocenters. The molecule has 1 aliphatic rings. The Labute approximate surface area is 271 Å². The van der Waals surface area contributed by atoms with E-state index in [0.29, 0.717) is 17.5 Å². The number of hydrogen-bond donors (Lipinski definition) is 0. The average molecular weight is 615 g/mol. The van der Waals surface area contributed by atoms with Crippen molar-refractivity contribution < 1.29 is 18.1 Å². The summed E-state index contributed by atoms with van der Waals surface area (Å²) in [5.74, 6) is 1.69. The van der Waals surface area contributed by atoms with Crippen molar-refractivity contribution in [2.45, 2.75) is 38.9 Å². The van der Waals surface area contributed by atoms with E-state index in [4.69, 9.17) is 33.1 Å². The highest BCUT2D eigenvalue weighted by Crippen LogP contribution is 2.39. The van der Waals surface area contributed by atoms with Gasteiger partial charge in [-0.05, 0) is 63.5 Å². The second-order valence-corrected chi connectivity index (χ2v) is 13.1. The van der Waals surface area contributed by atoms with E-state index < -0.39 is 18.3 Å². The molecule has 1 aliphatic heterocycles. The summed E-state index contributed by atoms with van der Waals surface area (Å²) in [4.78, 5) is 15.1. The van der Waals surface area contributed by atoms with Crippen molar-refractivity contribution in [1.29, 1.82) is 0 Å². The smallest absolute Gasteiger partial charge is 0.456 e. The van der Waals surface area contributed by atoms with Gasteiger partial charge in [0, 0.05) is 38.2 Å². The summed E-state index contributed by atoms with van der Waals surface area (Å²) in [6, 6.07) is 36.2. The largest absolute Gasteiger partial charge is 0.494 e. The zero-order chi connectivity index (χ0) is 31.9. The van der Waals surface area contributed by atoms with E-state index in [1.165, 1.54) is 0 Å². The summed E-state index contributed by atoms with van der Waals surface area (Å²) in [6.45, 7) is 8.24. The van der Waals surface area contributed by atoms with Gasteiger partial charge in [-0.25, -0.2) is 15.0 Å². The monoisotopic (exact) mass is 615 g/mol. The first-order chi connectivity index (χ1) is 22.7. The zero-order valence-corrected chi connectivity index (χ0v) is 26.4. The Morgan fingerprint density at radius 2 is 1.13 bits per heavy atom. The molecule has 7 nitrogen and oxygen atoms in total. The summed E-state index contributed by atoms with van der Waals surface area (Å²) >= 11 is 0. The molecule has 0 saturated carbocycles. The van der Waals surface area contributed by atoms with Crippen LogP contribution in [0.5, 0.6) is 0 Å². The Morgan fingerprint density at radius 1 is 0.489 bits per heavy atom. The van der Waals surface area contributed by atoms with Crippen LogP contribution < -0.4 is 5.46 Å². The van der Waals surface area contributed by atoms with Crippen LogP contribution in [-0.4, -0.2) is 33.3 Å². The SMILES string of the molecule is CC1(C)OB(c2ccc3oc4cccc(-c5nc(-c6ccccc6)nc(-c6ccc7c(c6)oc6ccccc67)n5)c4c3c2)OC1(C)C. The molecule has 3 aromatic heterocycles. The maximum absolute atomic E-state index is 6.39. The van der Waals surface area contributed by atoms with Crippen LogP contribution in [0.2, 0.25) is 0 Å². The molecule has 0 bridgehead atoms. The van der Waals surface area contributed by atoms with Gasteiger partial charge < -0.3 is 18.1 Å². The average Bonchev–Trinajstić information content (AvgIpc) is 3.72. The Morgan fingerprint density at radius 3 is 1.94 bits per heavy atom. The molecule has 8 aromatic rings. The van der Waals surface area contributed by atoms with Crippen molar-refractivity contribution in [3.05, 3.63) is 109 Å². The van der Waals surface area contributed by atoms with Crippen molar-refractivity contribution in [2.24, 2.45) is 0 Å². The molecule has 9 rings (SSSR count). The number of hydrogen-bond acceptors (Lipinski definition) is 7. The third-order valence-corrected chi connectivity index (χ3v) is 9.59. The third-order valence-electron chi connectivity index (χ3n) is 9.59. The second-order valence-electron chi connectivity index (χ2n) is 13.1. The molecular formula is C39H30BN3O4. The molecule has 8 heteroatoms. The van der Waals surface area contributed by atoms with E-state index in [2.05, 4.69) is 45.9 Å². The van der Waals surface area contributed by atoms with Gasteiger partial charge in [-0.15, -0.1) is 0 Å². The van der Waals surface area contributed by atoms with Crippen molar-refractivity contribution in [3.8, 4) is 34.2 Å². The highest BCUT2D eigenvalue weighted by Gasteiger charge is 2.51. The van der Waals surface area contributed by atoms with Crippen LogP contribution >= 0.6 is 0 Å². The topological polar surface area (TPSA) is 83.4 Å². The maximum atomic E-state index is 6.39. The normalized spacial score (nSPS) is 15.8. The molecular weight excluding hydrogens is 585 g/mol. The molecule has 5 aromatic carbocycles. The Bertz CT molecular complexity index is 2480. The molecule has 0 atom stereocenters. The number of rotatable bonds is 4. The standard InChI is InChI=1S/C39H30BN3O4/c1-38(2)39(3,4)47-40(46-38)25-18-20-31-29(22-25)34-28(14-10-16-32(34)44-31)37-42-35(23-11-6-5-7-12-23)41-36(43-37)24-17-19-27-26-13-8-9-15-30(26)45-33(27)21-24/h5-22H,1-4H3. The minimum absolute atomic E-state index is 0.448. The van der Waals surface area contributed by atoms with Gasteiger partial charge in [-0.1, -0.05) is 78.9 Å². The number of fused-ring (bicyclic) bond motifs is 6. The molecule has 0 radical (unpaired) electrons. The van der Waals surface area contributed by atoms with Crippen molar-refractivity contribution in [1.82, 2.24) is 15.0 Å². The van der Waals surface area contributed by atoms with Crippen LogP contribution in [-0.2, 0) is 9.31 Å². The lowest BCUT2D eigenvalue weighted by atomic mass is 9.78. The molecule has 228 valence electrons. The highest BCUT2D eigenvalue weighted by molar-refractivity contribution is 6.62. The van der Waals surface area contributed by atoms with Gasteiger partial charge in [0.15, 0.2) is 17.5 Å². The minimum atomic E-state index is -0.497. The summed E-state index contributed by atoms with van der Waals surface area (Å²) in [5, 5.41) is 3.99. The number of aromatic nitrogens is 3. The molecule has 0 spiro atoms. The van der Waals surface area contributed by atoms with Gasteiger partial charge in [-0.2, -0.15) is 0 Å². The van der Waals surface area contributed by atoms with E-state index in [1.54, 1.807) is 0 Å². The molecule has 0 N–H and O–H groups in total. The van der Waals surface area contributed by atoms with Crippen molar-refractivity contribution >= 4 is 56.5 Å². The van der Waals surface area contributed by atoms with E-state index in [1.807, 2.05) is 91.0 Å².